The molecule has 5 heteroatoms. The van der Waals surface area contributed by atoms with Crippen molar-refractivity contribution in [1.82, 2.24) is 0 Å². The van der Waals surface area contributed by atoms with E-state index in [2.05, 4.69) is 4.99 Å². The van der Waals surface area contributed by atoms with Crippen molar-refractivity contribution in [3.63, 3.8) is 0 Å². The lowest BCUT2D eigenvalue weighted by Crippen LogP contribution is -2.26. The maximum absolute atomic E-state index is 12.3. The highest BCUT2D eigenvalue weighted by atomic mass is 35.5. The van der Waals surface area contributed by atoms with Crippen LogP contribution in [0.2, 0.25) is 5.02 Å². The molecule has 21 heavy (non-hydrogen) atoms. The Kier molecular flexibility index (Phi) is 4.95. The summed E-state index contributed by atoms with van der Waals surface area (Å²) in [6, 6.07) is 16.8. The predicted molar refractivity (Wildman–Crippen MR) is 85.2 cm³/mol. The summed E-state index contributed by atoms with van der Waals surface area (Å²) in [7, 11) is 0. The smallest absolute Gasteiger partial charge is 0.256 e. The van der Waals surface area contributed by atoms with E-state index in [0.717, 1.165) is 11.1 Å². The molecule has 0 radical (unpaired) electrons. The van der Waals surface area contributed by atoms with E-state index in [1.165, 1.54) is 0 Å². The first kappa shape index (κ1) is 15.1. The molecule has 108 valence electrons. The number of rotatable bonds is 4. The first-order chi connectivity index (χ1) is 10.1. The molecular formula is C16H16ClN3O. The number of hydrogen-bond acceptors (Lipinski definition) is 1. The van der Waals surface area contributed by atoms with E-state index >= 15 is 0 Å². The summed E-state index contributed by atoms with van der Waals surface area (Å²) < 4.78 is 0. The molecule has 0 aliphatic rings. The Balaban J connectivity index is 2.32. The minimum Gasteiger partial charge on any atom is -0.370 e. The summed E-state index contributed by atoms with van der Waals surface area (Å²) in [5, 5.41) is 0.617. The van der Waals surface area contributed by atoms with Gasteiger partial charge in [-0.05, 0) is 29.7 Å². The van der Waals surface area contributed by atoms with E-state index in [9.17, 15) is 4.79 Å². The van der Waals surface area contributed by atoms with Gasteiger partial charge in [0.05, 0.1) is 5.92 Å². The van der Waals surface area contributed by atoms with Gasteiger partial charge in [0, 0.05) is 5.02 Å². The molecule has 4 N–H and O–H groups in total. The molecule has 0 saturated heterocycles. The summed E-state index contributed by atoms with van der Waals surface area (Å²) in [5.74, 6) is -1.03. The SMILES string of the molecule is NC(N)=NC(=O)C(Cc1ccccc1)c1ccc(Cl)cc1. The third-order valence-electron chi connectivity index (χ3n) is 3.09. The largest absolute Gasteiger partial charge is 0.370 e. The van der Waals surface area contributed by atoms with Gasteiger partial charge in [-0.25, -0.2) is 0 Å². The summed E-state index contributed by atoms with van der Waals surface area (Å²) in [6.45, 7) is 0. The standard InChI is InChI=1S/C16H16ClN3O/c17-13-8-6-12(7-9-13)14(15(21)20-16(18)19)10-11-4-2-1-3-5-11/h1-9,14H,10H2,(H4,18,19,20,21). The lowest BCUT2D eigenvalue weighted by atomic mass is 9.91. The molecular weight excluding hydrogens is 286 g/mol. The number of guanidine groups is 1. The number of halogens is 1. The molecule has 0 fully saturated rings. The summed E-state index contributed by atoms with van der Waals surface area (Å²) in [5.41, 5.74) is 12.5. The van der Waals surface area contributed by atoms with Gasteiger partial charge in [0.2, 0.25) is 0 Å². The van der Waals surface area contributed by atoms with E-state index in [0.29, 0.717) is 11.4 Å². The molecule has 0 saturated carbocycles. The van der Waals surface area contributed by atoms with E-state index in [-0.39, 0.29) is 11.9 Å². The van der Waals surface area contributed by atoms with Crippen LogP contribution in [0.25, 0.3) is 0 Å². The zero-order valence-electron chi connectivity index (χ0n) is 11.4. The first-order valence-electron chi connectivity index (χ1n) is 6.49. The molecule has 1 unspecified atom stereocenters. The topological polar surface area (TPSA) is 81.5 Å². The third kappa shape index (κ3) is 4.33. The zero-order valence-corrected chi connectivity index (χ0v) is 12.1. The van der Waals surface area contributed by atoms with Crippen LogP contribution in [-0.4, -0.2) is 11.9 Å². The molecule has 0 aliphatic carbocycles. The minimum absolute atomic E-state index is 0.230. The lowest BCUT2D eigenvalue weighted by molar-refractivity contribution is -0.119. The van der Waals surface area contributed by atoms with E-state index in [1.54, 1.807) is 12.1 Å². The Morgan fingerprint density at radius 2 is 1.67 bits per heavy atom. The zero-order chi connectivity index (χ0) is 15.2. The second kappa shape index (κ2) is 6.90. The highest BCUT2D eigenvalue weighted by Crippen LogP contribution is 2.24. The molecule has 2 rings (SSSR count). The molecule has 0 bridgehead atoms. The number of amides is 1. The third-order valence-corrected chi connectivity index (χ3v) is 3.34. The van der Waals surface area contributed by atoms with E-state index < -0.39 is 5.92 Å². The van der Waals surface area contributed by atoms with Crippen LogP contribution in [0.3, 0.4) is 0 Å². The molecule has 0 heterocycles. The number of nitrogens with zero attached hydrogens (tertiary/aromatic N) is 1. The van der Waals surface area contributed by atoms with E-state index in [4.69, 9.17) is 23.1 Å². The van der Waals surface area contributed by atoms with Gasteiger partial charge in [0.15, 0.2) is 5.96 Å². The molecule has 1 atom stereocenters. The predicted octanol–water partition coefficient (Wildman–Crippen LogP) is 2.47. The molecule has 0 aliphatic heterocycles. The second-order valence-electron chi connectivity index (χ2n) is 4.67. The number of carbonyl (C=O) groups excluding carboxylic acids is 1. The fourth-order valence-corrected chi connectivity index (χ4v) is 2.22. The number of carbonyl (C=O) groups is 1. The van der Waals surface area contributed by atoms with Gasteiger partial charge in [-0.3, -0.25) is 4.79 Å². The van der Waals surface area contributed by atoms with Crippen LogP contribution in [0, 0.1) is 0 Å². The van der Waals surface area contributed by atoms with Gasteiger partial charge in [-0.2, -0.15) is 4.99 Å². The molecule has 0 spiro atoms. The van der Waals surface area contributed by atoms with Crippen molar-refractivity contribution in [2.45, 2.75) is 12.3 Å². The Hall–Kier alpha value is -2.33. The molecule has 1 amide bonds. The van der Waals surface area contributed by atoms with Crippen LogP contribution in [0.1, 0.15) is 17.0 Å². The van der Waals surface area contributed by atoms with Gasteiger partial charge in [0.25, 0.3) is 5.91 Å². The molecule has 2 aromatic rings. The van der Waals surface area contributed by atoms with Crippen LogP contribution in [0.4, 0.5) is 0 Å². The van der Waals surface area contributed by atoms with Gasteiger partial charge < -0.3 is 11.5 Å². The first-order valence-corrected chi connectivity index (χ1v) is 6.87. The highest BCUT2D eigenvalue weighted by molar-refractivity contribution is 6.30. The average Bonchev–Trinajstić information content (AvgIpc) is 2.46. The van der Waals surface area contributed by atoms with Crippen LogP contribution < -0.4 is 11.5 Å². The van der Waals surface area contributed by atoms with Crippen molar-refractivity contribution in [3.05, 3.63) is 70.7 Å². The van der Waals surface area contributed by atoms with Gasteiger partial charge in [-0.1, -0.05) is 54.1 Å². The highest BCUT2D eigenvalue weighted by Gasteiger charge is 2.21. The van der Waals surface area contributed by atoms with Gasteiger partial charge >= 0.3 is 0 Å². The number of aliphatic imine (C=N–C) groups is 1. The van der Waals surface area contributed by atoms with Crippen LogP contribution in [0.5, 0.6) is 0 Å². The fourth-order valence-electron chi connectivity index (χ4n) is 2.10. The Labute approximate surface area is 128 Å². The minimum atomic E-state index is -0.438. The van der Waals surface area contributed by atoms with E-state index in [1.807, 2.05) is 42.5 Å². The summed E-state index contributed by atoms with van der Waals surface area (Å²) in [4.78, 5) is 15.9. The van der Waals surface area contributed by atoms with Crippen LogP contribution >= 0.6 is 11.6 Å². The van der Waals surface area contributed by atoms with Crippen molar-refractivity contribution in [3.8, 4) is 0 Å². The quantitative estimate of drug-likeness (QED) is 0.672. The molecule has 0 aromatic heterocycles. The number of hydrogen-bond donors (Lipinski definition) is 2. The van der Waals surface area contributed by atoms with Crippen molar-refractivity contribution >= 4 is 23.5 Å². The van der Waals surface area contributed by atoms with Gasteiger partial charge in [-0.15, -0.1) is 0 Å². The number of benzene rings is 2. The second-order valence-corrected chi connectivity index (χ2v) is 5.11. The van der Waals surface area contributed by atoms with Crippen LogP contribution in [-0.2, 0) is 11.2 Å². The fraction of sp³-hybridized carbons (Fsp3) is 0.125. The summed E-state index contributed by atoms with van der Waals surface area (Å²) >= 11 is 5.89. The number of nitrogens with two attached hydrogens (primary N) is 2. The molecule has 2 aromatic carbocycles. The van der Waals surface area contributed by atoms with Crippen molar-refractivity contribution in [2.24, 2.45) is 16.5 Å². The Morgan fingerprint density at radius 3 is 2.24 bits per heavy atom. The summed E-state index contributed by atoms with van der Waals surface area (Å²) in [6.07, 6.45) is 0.526. The Morgan fingerprint density at radius 1 is 1.05 bits per heavy atom. The lowest BCUT2D eigenvalue weighted by Gasteiger charge is -2.14. The average molecular weight is 302 g/mol. The van der Waals surface area contributed by atoms with Gasteiger partial charge in [0.1, 0.15) is 0 Å². The van der Waals surface area contributed by atoms with Crippen molar-refractivity contribution < 1.29 is 4.79 Å². The maximum Gasteiger partial charge on any atom is 0.256 e. The normalized spacial score (nSPS) is 11.7. The molecule has 4 nitrogen and oxygen atoms in total. The van der Waals surface area contributed by atoms with Crippen LogP contribution in [0.15, 0.2) is 59.6 Å². The maximum atomic E-state index is 12.3. The van der Waals surface area contributed by atoms with Crippen molar-refractivity contribution in [2.75, 3.05) is 0 Å². The monoisotopic (exact) mass is 301 g/mol. The van der Waals surface area contributed by atoms with Crippen molar-refractivity contribution in [1.29, 1.82) is 0 Å². The Bertz CT molecular complexity index is 634.